The lowest BCUT2D eigenvalue weighted by Gasteiger charge is -2.08. The van der Waals surface area contributed by atoms with Crippen LogP contribution in [0.5, 0.6) is 17.2 Å². The summed E-state index contributed by atoms with van der Waals surface area (Å²) in [4.78, 5) is 11.9. The first-order valence-corrected chi connectivity index (χ1v) is 9.21. The molecule has 0 aliphatic heterocycles. The molecule has 6 nitrogen and oxygen atoms in total. The second kappa shape index (κ2) is 7.75. The van der Waals surface area contributed by atoms with Crippen molar-refractivity contribution >= 4 is 11.0 Å². The average molecular weight is 392 g/mol. The molecule has 1 N–H and O–H groups in total. The SMILES string of the molecule is Cc1c(-c2cc3ccc(OCCOc4ccccc4)cc3o2)oc(=O)c(C)c1O. The Labute approximate surface area is 166 Å². The van der Waals surface area contributed by atoms with Crippen LogP contribution >= 0.6 is 0 Å². The van der Waals surface area contributed by atoms with E-state index in [1.165, 1.54) is 6.92 Å². The van der Waals surface area contributed by atoms with Crippen LogP contribution in [0.15, 0.2) is 68.2 Å². The van der Waals surface area contributed by atoms with Gasteiger partial charge in [0.25, 0.3) is 0 Å². The lowest BCUT2D eigenvalue weighted by molar-refractivity contribution is 0.217. The molecule has 0 aliphatic carbocycles. The first kappa shape index (κ1) is 18.7. The zero-order chi connectivity index (χ0) is 20.4. The molecule has 6 heteroatoms. The zero-order valence-corrected chi connectivity index (χ0v) is 16.1. The van der Waals surface area contributed by atoms with Crippen LogP contribution in [0.2, 0.25) is 0 Å². The first-order chi connectivity index (χ1) is 14.0. The van der Waals surface area contributed by atoms with Crippen molar-refractivity contribution < 1.29 is 23.4 Å². The molecule has 0 fully saturated rings. The summed E-state index contributed by atoms with van der Waals surface area (Å²) in [6.45, 7) is 3.99. The number of rotatable bonds is 6. The summed E-state index contributed by atoms with van der Waals surface area (Å²) in [5, 5.41) is 10.9. The van der Waals surface area contributed by atoms with Crippen LogP contribution in [-0.4, -0.2) is 18.3 Å². The third kappa shape index (κ3) is 3.82. The van der Waals surface area contributed by atoms with Gasteiger partial charge in [-0.2, -0.15) is 0 Å². The lowest BCUT2D eigenvalue weighted by atomic mass is 10.1. The molecule has 29 heavy (non-hydrogen) atoms. The molecule has 2 aromatic carbocycles. The summed E-state index contributed by atoms with van der Waals surface area (Å²) >= 11 is 0. The van der Waals surface area contributed by atoms with Crippen molar-refractivity contribution in [1.82, 2.24) is 0 Å². The number of aromatic hydroxyl groups is 1. The minimum atomic E-state index is -0.592. The highest BCUT2D eigenvalue weighted by Gasteiger charge is 2.18. The van der Waals surface area contributed by atoms with Gasteiger partial charge in [0.1, 0.15) is 36.0 Å². The highest BCUT2D eigenvalue weighted by molar-refractivity contribution is 5.83. The van der Waals surface area contributed by atoms with Crippen molar-refractivity contribution in [3.8, 4) is 28.8 Å². The summed E-state index contributed by atoms with van der Waals surface area (Å²) in [6, 6.07) is 16.8. The molecule has 0 amide bonds. The maximum Gasteiger partial charge on any atom is 0.343 e. The number of hydrogen-bond acceptors (Lipinski definition) is 6. The van der Waals surface area contributed by atoms with Gasteiger partial charge >= 0.3 is 5.63 Å². The second-order valence-corrected chi connectivity index (χ2v) is 6.64. The van der Waals surface area contributed by atoms with Crippen LogP contribution in [0.25, 0.3) is 22.5 Å². The Hall–Kier alpha value is -3.67. The van der Waals surface area contributed by atoms with Crippen LogP contribution in [0.3, 0.4) is 0 Å². The predicted octanol–water partition coefficient (Wildman–Crippen LogP) is 4.83. The van der Waals surface area contributed by atoms with Gasteiger partial charge in [-0.15, -0.1) is 0 Å². The summed E-state index contributed by atoms with van der Waals surface area (Å²) < 4.78 is 22.5. The molecule has 148 valence electrons. The largest absolute Gasteiger partial charge is 0.507 e. The molecular formula is C23H20O6. The lowest BCUT2D eigenvalue weighted by Crippen LogP contribution is -2.08. The van der Waals surface area contributed by atoms with E-state index in [4.69, 9.17) is 18.3 Å². The average Bonchev–Trinajstić information content (AvgIpc) is 3.16. The smallest absolute Gasteiger partial charge is 0.343 e. The molecule has 0 aliphatic rings. The fourth-order valence-electron chi connectivity index (χ4n) is 3.02. The molecule has 2 heterocycles. The van der Waals surface area contributed by atoms with Crippen molar-refractivity contribution in [2.24, 2.45) is 0 Å². The van der Waals surface area contributed by atoms with Crippen molar-refractivity contribution in [3.05, 3.63) is 76.1 Å². The van der Waals surface area contributed by atoms with Crippen LogP contribution in [0.4, 0.5) is 0 Å². The number of fused-ring (bicyclic) bond motifs is 1. The van der Waals surface area contributed by atoms with Gasteiger partial charge in [-0.25, -0.2) is 4.79 Å². The molecular weight excluding hydrogens is 372 g/mol. The van der Waals surface area contributed by atoms with Crippen molar-refractivity contribution in [2.75, 3.05) is 13.2 Å². The molecule has 0 spiro atoms. The van der Waals surface area contributed by atoms with E-state index >= 15 is 0 Å². The van der Waals surface area contributed by atoms with E-state index in [0.29, 0.717) is 35.9 Å². The minimum absolute atomic E-state index is 0.0841. The van der Waals surface area contributed by atoms with Crippen LogP contribution in [0.1, 0.15) is 11.1 Å². The van der Waals surface area contributed by atoms with Gasteiger partial charge in [0.15, 0.2) is 11.5 Å². The predicted molar refractivity (Wildman–Crippen MR) is 109 cm³/mol. The first-order valence-electron chi connectivity index (χ1n) is 9.21. The quantitative estimate of drug-likeness (QED) is 0.473. The number of furan rings is 1. The monoisotopic (exact) mass is 392 g/mol. The fraction of sp³-hybridized carbons (Fsp3) is 0.174. The molecule has 0 radical (unpaired) electrons. The van der Waals surface area contributed by atoms with Crippen LogP contribution < -0.4 is 15.1 Å². The van der Waals surface area contributed by atoms with Crippen LogP contribution in [-0.2, 0) is 0 Å². The van der Waals surface area contributed by atoms with Gasteiger partial charge in [-0.3, -0.25) is 0 Å². The number of ether oxygens (including phenoxy) is 2. The Morgan fingerprint density at radius 2 is 1.59 bits per heavy atom. The zero-order valence-electron chi connectivity index (χ0n) is 16.1. The molecule has 0 unspecified atom stereocenters. The number of benzene rings is 2. The fourth-order valence-corrected chi connectivity index (χ4v) is 3.02. The van der Waals surface area contributed by atoms with E-state index in [-0.39, 0.29) is 17.1 Å². The third-order valence-electron chi connectivity index (χ3n) is 4.63. The van der Waals surface area contributed by atoms with E-state index in [1.54, 1.807) is 19.1 Å². The molecule has 0 bridgehead atoms. The Morgan fingerprint density at radius 1 is 0.862 bits per heavy atom. The highest BCUT2D eigenvalue weighted by atomic mass is 16.5. The van der Waals surface area contributed by atoms with E-state index in [1.807, 2.05) is 42.5 Å². The van der Waals surface area contributed by atoms with Gasteiger partial charge in [-0.05, 0) is 44.2 Å². The summed E-state index contributed by atoms with van der Waals surface area (Å²) in [5.41, 5.74) is 0.626. The Bertz CT molecular complexity index is 1200. The van der Waals surface area contributed by atoms with Gasteiger partial charge in [0.2, 0.25) is 0 Å². The van der Waals surface area contributed by atoms with Crippen molar-refractivity contribution in [1.29, 1.82) is 0 Å². The van der Waals surface area contributed by atoms with Gasteiger partial charge < -0.3 is 23.4 Å². The summed E-state index contributed by atoms with van der Waals surface area (Å²) in [6.07, 6.45) is 0. The Balaban J connectivity index is 1.50. The maximum atomic E-state index is 11.9. The molecule has 0 saturated heterocycles. The standard InChI is InChI=1S/C23H20O6/c1-14-21(24)15(2)23(25)29-22(14)20-12-16-8-9-18(13-19(16)28-20)27-11-10-26-17-6-4-3-5-7-17/h3-9,12-13,24H,10-11H2,1-2H3. The summed E-state index contributed by atoms with van der Waals surface area (Å²) in [5.74, 6) is 1.93. The molecule has 0 saturated carbocycles. The normalized spacial score (nSPS) is 11.0. The summed E-state index contributed by atoms with van der Waals surface area (Å²) in [7, 11) is 0. The van der Waals surface area contributed by atoms with E-state index in [2.05, 4.69) is 0 Å². The second-order valence-electron chi connectivity index (χ2n) is 6.64. The highest BCUT2D eigenvalue weighted by Crippen LogP contribution is 2.34. The van der Waals surface area contributed by atoms with Gasteiger partial charge in [0.05, 0.1) is 5.56 Å². The molecule has 2 aromatic heterocycles. The van der Waals surface area contributed by atoms with Crippen LogP contribution in [0, 0.1) is 13.8 Å². The topological polar surface area (TPSA) is 82.0 Å². The number of para-hydroxylation sites is 1. The molecule has 4 rings (SSSR count). The van der Waals surface area contributed by atoms with E-state index in [9.17, 15) is 9.90 Å². The minimum Gasteiger partial charge on any atom is -0.507 e. The van der Waals surface area contributed by atoms with Crippen molar-refractivity contribution in [3.63, 3.8) is 0 Å². The maximum absolute atomic E-state index is 11.9. The number of hydrogen-bond donors (Lipinski definition) is 1. The van der Waals surface area contributed by atoms with Gasteiger partial charge in [0, 0.05) is 17.0 Å². The molecule has 4 aromatic rings. The van der Waals surface area contributed by atoms with Crippen molar-refractivity contribution in [2.45, 2.75) is 13.8 Å². The van der Waals surface area contributed by atoms with Gasteiger partial charge in [-0.1, -0.05) is 18.2 Å². The van der Waals surface area contributed by atoms with E-state index in [0.717, 1.165) is 11.1 Å². The Kier molecular flexibility index (Phi) is 4.99. The third-order valence-corrected chi connectivity index (χ3v) is 4.63. The molecule has 0 atom stereocenters. The van der Waals surface area contributed by atoms with E-state index < -0.39 is 5.63 Å². The Morgan fingerprint density at radius 3 is 2.34 bits per heavy atom.